The highest BCUT2D eigenvalue weighted by atomic mass is 32.2. The number of aryl methyl sites for hydroxylation is 1. The number of furan rings is 2. The number of allylic oxidation sites excluding steroid dienone is 2. The van der Waals surface area contributed by atoms with Crippen LogP contribution < -0.4 is 0 Å². The maximum absolute atomic E-state index is 12.9. The number of carbonyl (C=O) groups excluding carboxylic acids is 1. The van der Waals surface area contributed by atoms with Gasteiger partial charge in [-0.1, -0.05) is 17.8 Å². The van der Waals surface area contributed by atoms with Crippen molar-refractivity contribution in [3.8, 4) is 11.5 Å². The van der Waals surface area contributed by atoms with Crippen LogP contribution >= 0.6 is 11.8 Å². The summed E-state index contributed by atoms with van der Waals surface area (Å²) in [6.45, 7) is 2.27. The molecule has 0 radical (unpaired) electrons. The van der Waals surface area contributed by atoms with Crippen molar-refractivity contribution < 1.29 is 18.0 Å². The molecule has 0 aromatic carbocycles. The van der Waals surface area contributed by atoms with Gasteiger partial charge in [0.25, 0.3) is 11.1 Å². The summed E-state index contributed by atoms with van der Waals surface area (Å²) in [6.07, 6.45) is 9.52. The third kappa shape index (κ3) is 4.22. The van der Waals surface area contributed by atoms with Crippen molar-refractivity contribution in [2.75, 3.05) is 5.75 Å². The van der Waals surface area contributed by atoms with Crippen molar-refractivity contribution in [1.29, 1.82) is 0 Å². The molecule has 146 valence electrons. The van der Waals surface area contributed by atoms with Crippen molar-refractivity contribution in [1.82, 2.24) is 15.1 Å². The fraction of sp³-hybridized carbons (Fsp3) is 0.350. The lowest BCUT2D eigenvalue weighted by Crippen LogP contribution is -2.32. The van der Waals surface area contributed by atoms with E-state index in [1.54, 1.807) is 18.6 Å². The highest BCUT2D eigenvalue weighted by molar-refractivity contribution is 7.99. The number of carbonyl (C=O) groups is 1. The highest BCUT2D eigenvalue weighted by Crippen LogP contribution is 2.28. The number of hydrogen-bond donors (Lipinski definition) is 0. The van der Waals surface area contributed by atoms with E-state index in [9.17, 15) is 4.79 Å². The Morgan fingerprint density at radius 3 is 2.86 bits per heavy atom. The van der Waals surface area contributed by atoms with Gasteiger partial charge in [-0.3, -0.25) is 4.79 Å². The van der Waals surface area contributed by atoms with Crippen LogP contribution in [0.3, 0.4) is 0 Å². The molecule has 28 heavy (non-hydrogen) atoms. The molecule has 1 amide bonds. The fourth-order valence-electron chi connectivity index (χ4n) is 3.16. The molecule has 0 bridgehead atoms. The summed E-state index contributed by atoms with van der Waals surface area (Å²) in [5.41, 5.74) is 1.82. The van der Waals surface area contributed by atoms with Gasteiger partial charge < -0.3 is 18.2 Å². The molecular formula is C20H21N3O4S. The molecule has 0 spiro atoms. The monoisotopic (exact) mass is 399 g/mol. The molecule has 7 nitrogen and oxygen atoms in total. The van der Waals surface area contributed by atoms with Gasteiger partial charge in [0.05, 0.1) is 30.4 Å². The number of amides is 1. The largest absolute Gasteiger partial charge is 0.469 e. The molecule has 4 rings (SSSR count). The second kappa shape index (κ2) is 8.52. The van der Waals surface area contributed by atoms with E-state index in [1.807, 2.05) is 24.0 Å². The molecule has 3 heterocycles. The predicted octanol–water partition coefficient (Wildman–Crippen LogP) is 4.81. The van der Waals surface area contributed by atoms with E-state index in [2.05, 4.69) is 16.3 Å². The average Bonchev–Trinajstić information content (AvgIpc) is 3.47. The summed E-state index contributed by atoms with van der Waals surface area (Å²) < 4.78 is 16.4. The van der Waals surface area contributed by atoms with Crippen molar-refractivity contribution in [3.05, 3.63) is 54.0 Å². The van der Waals surface area contributed by atoms with E-state index < -0.39 is 0 Å². The van der Waals surface area contributed by atoms with Crippen LogP contribution in [0.2, 0.25) is 0 Å². The minimum Gasteiger partial charge on any atom is -0.469 e. The molecule has 3 aromatic heterocycles. The fourth-order valence-corrected chi connectivity index (χ4v) is 3.80. The summed E-state index contributed by atoms with van der Waals surface area (Å²) >= 11 is 1.24. The van der Waals surface area contributed by atoms with Gasteiger partial charge in [0.1, 0.15) is 11.5 Å². The van der Waals surface area contributed by atoms with Crippen LogP contribution in [0, 0.1) is 6.92 Å². The first kappa shape index (κ1) is 18.6. The lowest BCUT2D eigenvalue weighted by atomic mass is 10.0. The van der Waals surface area contributed by atoms with Crippen molar-refractivity contribution >= 4 is 17.7 Å². The first-order valence-corrected chi connectivity index (χ1v) is 10.2. The van der Waals surface area contributed by atoms with Crippen molar-refractivity contribution in [3.63, 3.8) is 0 Å². The molecule has 0 saturated carbocycles. The molecule has 0 aliphatic heterocycles. The summed E-state index contributed by atoms with van der Waals surface area (Å²) in [6, 6.07) is 5.50. The summed E-state index contributed by atoms with van der Waals surface area (Å²) in [5.74, 6) is 2.08. The van der Waals surface area contributed by atoms with Gasteiger partial charge in [0, 0.05) is 5.70 Å². The first-order chi connectivity index (χ1) is 13.7. The van der Waals surface area contributed by atoms with Crippen LogP contribution in [-0.4, -0.2) is 26.8 Å². The van der Waals surface area contributed by atoms with Gasteiger partial charge in [0.15, 0.2) is 0 Å². The molecule has 8 heteroatoms. The Kier molecular flexibility index (Phi) is 5.66. The number of nitrogens with zero attached hydrogens (tertiary/aromatic N) is 3. The van der Waals surface area contributed by atoms with E-state index in [-0.39, 0.29) is 11.7 Å². The van der Waals surface area contributed by atoms with Crippen LogP contribution in [-0.2, 0) is 11.3 Å². The lowest BCUT2D eigenvalue weighted by molar-refractivity contribution is -0.127. The molecule has 0 saturated heterocycles. The predicted molar refractivity (Wildman–Crippen MR) is 103 cm³/mol. The van der Waals surface area contributed by atoms with Gasteiger partial charge in [-0.2, -0.15) is 0 Å². The van der Waals surface area contributed by atoms with Crippen LogP contribution in [0.25, 0.3) is 11.5 Å². The van der Waals surface area contributed by atoms with Gasteiger partial charge >= 0.3 is 0 Å². The molecule has 0 unspecified atom stereocenters. The molecule has 0 N–H and O–H groups in total. The van der Waals surface area contributed by atoms with Crippen LogP contribution in [0.1, 0.15) is 37.2 Å². The number of thioether (sulfide) groups is 1. The zero-order chi connectivity index (χ0) is 19.3. The minimum absolute atomic E-state index is 0.00575. The summed E-state index contributed by atoms with van der Waals surface area (Å²) in [5, 5.41) is 8.44. The lowest BCUT2D eigenvalue weighted by Gasteiger charge is -2.26. The maximum Gasteiger partial charge on any atom is 0.277 e. The van der Waals surface area contributed by atoms with E-state index >= 15 is 0 Å². The van der Waals surface area contributed by atoms with E-state index in [4.69, 9.17) is 13.3 Å². The zero-order valence-corrected chi connectivity index (χ0v) is 16.4. The summed E-state index contributed by atoms with van der Waals surface area (Å²) in [4.78, 5) is 14.8. The van der Waals surface area contributed by atoms with Crippen LogP contribution in [0.15, 0.2) is 61.0 Å². The molecule has 0 fully saturated rings. The van der Waals surface area contributed by atoms with Crippen LogP contribution in [0.5, 0.6) is 0 Å². The average molecular weight is 399 g/mol. The maximum atomic E-state index is 12.9. The quantitative estimate of drug-likeness (QED) is 0.527. The Morgan fingerprint density at radius 1 is 1.21 bits per heavy atom. The van der Waals surface area contributed by atoms with Gasteiger partial charge in [-0.05, 0) is 50.8 Å². The Bertz CT molecular complexity index is 958. The topological polar surface area (TPSA) is 85.5 Å². The SMILES string of the molecule is Cc1occc1-c1nnc(SCC(=O)N(Cc2ccco2)C2=CCCCC2)o1. The number of aromatic nitrogens is 2. The highest BCUT2D eigenvalue weighted by Gasteiger charge is 2.22. The Labute approximate surface area is 166 Å². The zero-order valence-electron chi connectivity index (χ0n) is 15.6. The number of rotatable bonds is 7. The van der Waals surface area contributed by atoms with E-state index in [0.29, 0.717) is 23.4 Å². The van der Waals surface area contributed by atoms with Crippen molar-refractivity contribution in [2.24, 2.45) is 0 Å². The van der Waals surface area contributed by atoms with E-state index in [1.165, 1.54) is 18.2 Å². The normalized spacial score (nSPS) is 14.1. The van der Waals surface area contributed by atoms with Gasteiger partial charge in [-0.25, -0.2) is 0 Å². The third-order valence-corrected chi connectivity index (χ3v) is 5.43. The van der Waals surface area contributed by atoms with Gasteiger partial charge in [0.2, 0.25) is 5.91 Å². The number of hydrogen-bond acceptors (Lipinski definition) is 7. The minimum atomic E-state index is -0.00575. The van der Waals surface area contributed by atoms with Crippen LogP contribution in [0.4, 0.5) is 0 Å². The molecule has 1 aliphatic rings. The standard InChI is InChI=1S/C20H21N3O4S/c1-14-17(9-11-25-14)19-21-22-20(27-19)28-13-18(24)23(12-16-8-5-10-26-16)15-6-3-2-4-7-15/h5-6,8-11H,2-4,7,12-13H2,1H3. The Morgan fingerprint density at radius 2 is 2.14 bits per heavy atom. The van der Waals surface area contributed by atoms with Crippen molar-refractivity contribution in [2.45, 2.75) is 44.4 Å². The summed E-state index contributed by atoms with van der Waals surface area (Å²) in [7, 11) is 0. The molecule has 0 atom stereocenters. The Hall–Kier alpha value is -2.74. The van der Waals surface area contributed by atoms with Gasteiger partial charge in [-0.15, -0.1) is 10.2 Å². The second-order valence-electron chi connectivity index (χ2n) is 6.55. The molecule has 1 aliphatic carbocycles. The molecule has 3 aromatic rings. The molecular weight excluding hydrogens is 378 g/mol. The first-order valence-electron chi connectivity index (χ1n) is 9.23. The third-order valence-electron chi connectivity index (χ3n) is 4.62. The second-order valence-corrected chi connectivity index (χ2v) is 7.48. The van der Waals surface area contributed by atoms with E-state index in [0.717, 1.165) is 36.3 Å². The Balaban J connectivity index is 1.43. The smallest absolute Gasteiger partial charge is 0.277 e.